The Kier molecular flexibility index (Phi) is 37.1. The molecule has 1 rings (SSSR count). The molecule has 1 aromatic carbocycles. The van der Waals surface area contributed by atoms with Gasteiger partial charge in [0.05, 0.1) is 16.0 Å². The second kappa shape index (κ2) is 38.1. The van der Waals surface area contributed by atoms with E-state index in [0.29, 0.717) is 0 Å². The molecule has 0 aliphatic carbocycles. The molecule has 0 aliphatic rings. The number of allylic oxidation sites excluding steroid dienone is 2. The molecule has 55 heavy (non-hydrogen) atoms. The van der Waals surface area contributed by atoms with Crippen LogP contribution < -0.4 is 29.6 Å². The summed E-state index contributed by atoms with van der Waals surface area (Å²) >= 11 is 0. The van der Waals surface area contributed by atoms with Crippen LogP contribution in [-0.2, 0) is 19.6 Å². The van der Waals surface area contributed by atoms with Crippen LogP contribution in [0.15, 0.2) is 47.4 Å². The Morgan fingerprint density at radius 3 is 1.18 bits per heavy atom. The molecular weight excluding hydrogens is 720 g/mol. The minimum atomic E-state index is -5.04. The Hall–Kier alpha value is -1.45. The minimum absolute atomic E-state index is 0. The van der Waals surface area contributed by atoms with Gasteiger partial charge in [-0.05, 0) is 37.8 Å². The Morgan fingerprint density at radius 1 is 0.509 bits per heavy atom. The van der Waals surface area contributed by atoms with Gasteiger partial charge in [-0.2, -0.15) is 0 Å². The molecule has 0 amide bonds. The van der Waals surface area contributed by atoms with Crippen LogP contribution in [0.1, 0.15) is 227 Å². The fourth-order valence-corrected chi connectivity index (χ4v) is 7.49. The molecule has 0 saturated heterocycles. The number of rotatable bonds is 37. The number of hydrogen-bond acceptors (Lipinski definition) is 7. The molecule has 0 atom stereocenters. The van der Waals surface area contributed by atoms with E-state index in [-0.39, 0.29) is 48.3 Å². The van der Waals surface area contributed by atoms with E-state index < -0.39 is 32.5 Å². The molecule has 0 spiro atoms. The Labute approximate surface area is 359 Å². The molecule has 9 heteroatoms. The van der Waals surface area contributed by atoms with Crippen molar-refractivity contribution >= 4 is 22.1 Å². The number of ether oxygens (including phenoxy) is 2. The van der Waals surface area contributed by atoms with Crippen LogP contribution in [0.4, 0.5) is 0 Å². The van der Waals surface area contributed by atoms with Gasteiger partial charge in [0.15, 0.2) is 0 Å². The zero-order valence-electron chi connectivity index (χ0n) is 35.4. The van der Waals surface area contributed by atoms with Gasteiger partial charge in [0.2, 0.25) is 0 Å². The van der Waals surface area contributed by atoms with Crippen molar-refractivity contribution in [3.8, 4) is 0 Å². The summed E-state index contributed by atoms with van der Waals surface area (Å²) in [5.41, 5.74) is -0.882. The van der Waals surface area contributed by atoms with E-state index >= 15 is 0 Å². The van der Waals surface area contributed by atoms with Crippen molar-refractivity contribution in [1.82, 2.24) is 0 Å². The van der Waals surface area contributed by atoms with Crippen molar-refractivity contribution in [1.29, 1.82) is 0 Å². The van der Waals surface area contributed by atoms with Gasteiger partial charge in [0.1, 0.15) is 23.3 Å². The quantitative estimate of drug-likeness (QED) is 0.0217. The van der Waals surface area contributed by atoms with Crippen molar-refractivity contribution in [3.05, 3.63) is 53.6 Å². The third-order valence-electron chi connectivity index (χ3n) is 10.1. The van der Waals surface area contributed by atoms with Crippen molar-refractivity contribution in [2.45, 2.75) is 211 Å². The summed E-state index contributed by atoms with van der Waals surface area (Å²) in [7, 11) is -5.04. The van der Waals surface area contributed by atoms with Crippen LogP contribution in [0, 0.1) is 0 Å². The standard InChI is InChI=1S/C46H78O7S.Na/c1-3-5-7-9-11-13-15-17-19-21-23-25-27-29-31-33-35-40-52-45(47)42-38-37-39-43(54(49,50)51)44(42)46(48)53-41-36-34-32-30-28-26-24-22-20-18-16-14-12-10-8-6-4-2;/h33-39H,3-32,40-41H2,1-2H3,(H,49,50,51);/q;+1/p-1/b35-33+,36-34+;. The van der Waals surface area contributed by atoms with Crippen LogP contribution in [0.25, 0.3) is 0 Å². The Morgan fingerprint density at radius 2 is 0.836 bits per heavy atom. The van der Waals surface area contributed by atoms with Gasteiger partial charge in [-0.15, -0.1) is 0 Å². The summed E-state index contributed by atoms with van der Waals surface area (Å²) < 4.78 is 46.5. The number of carbonyl (C=O) groups is 2. The first-order valence-electron chi connectivity index (χ1n) is 22.1. The normalized spacial score (nSPS) is 11.7. The minimum Gasteiger partial charge on any atom is -0.744 e. The van der Waals surface area contributed by atoms with Crippen LogP contribution in [0.3, 0.4) is 0 Å². The molecule has 0 unspecified atom stereocenters. The molecule has 0 bridgehead atoms. The van der Waals surface area contributed by atoms with Crippen LogP contribution >= 0.6 is 0 Å². The predicted octanol–water partition coefficient (Wildman–Crippen LogP) is 10.8. The largest absolute Gasteiger partial charge is 1.00 e. The van der Waals surface area contributed by atoms with Crippen molar-refractivity contribution in [3.63, 3.8) is 0 Å². The van der Waals surface area contributed by atoms with Crippen molar-refractivity contribution in [2.75, 3.05) is 13.2 Å². The summed E-state index contributed by atoms with van der Waals surface area (Å²) in [6.07, 6.45) is 45.6. The first kappa shape index (κ1) is 53.6. The van der Waals surface area contributed by atoms with E-state index in [0.717, 1.165) is 44.6 Å². The maximum absolute atomic E-state index is 13.0. The average molecular weight is 797 g/mol. The van der Waals surface area contributed by atoms with Crippen molar-refractivity contribution < 1.29 is 61.6 Å². The van der Waals surface area contributed by atoms with Crippen LogP contribution in [0.5, 0.6) is 0 Å². The van der Waals surface area contributed by atoms with E-state index in [1.165, 1.54) is 166 Å². The first-order valence-corrected chi connectivity index (χ1v) is 23.5. The van der Waals surface area contributed by atoms with Gasteiger partial charge < -0.3 is 14.0 Å². The van der Waals surface area contributed by atoms with Crippen molar-refractivity contribution in [2.24, 2.45) is 0 Å². The molecule has 0 saturated carbocycles. The summed E-state index contributed by atoms with van der Waals surface area (Å²) in [6, 6.07) is 3.54. The SMILES string of the molecule is CCCCCCCCCCCCCCCC/C=C/COC(=O)c1cccc(S(=O)(=O)[O-])c1C(=O)OC/C=C/CCCCCCCCCCCCCCCC.[Na+]. The maximum Gasteiger partial charge on any atom is 1.00 e. The number of benzene rings is 1. The second-order valence-electron chi connectivity index (χ2n) is 15.0. The fraction of sp³-hybridized carbons (Fsp3) is 0.739. The fourth-order valence-electron chi connectivity index (χ4n) is 6.80. The molecule has 0 radical (unpaired) electrons. The number of unbranched alkanes of at least 4 members (excludes halogenated alkanes) is 28. The average Bonchev–Trinajstić information content (AvgIpc) is 3.16. The maximum atomic E-state index is 13.0. The number of esters is 2. The molecule has 0 aliphatic heterocycles. The van der Waals surface area contributed by atoms with Gasteiger partial charge in [-0.1, -0.05) is 211 Å². The molecule has 0 aromatic heterocycles. The van der Waals surface area contributed by atoms with E-state index in [9.17, 15) is 22.6 Å². The van der Waals surface area contributed by atoms with Gasteiger partial charge in [-0.25, -0.2) is 18.0 Å². The zero-order valence-corrected chi connectivity index (χ0v) is 38.3. The molecule has 1 aromatic rings. The van der Waals surface area contributed by atoms with E-state index in [1.54, 1.807) is 12.2 Å². The molecule has 0 N–H and O–H groups in total. The van der Waals surface area contributed by atoms with Gasteiger partial charge >= 0.3 is 41.5 Å². The first-order chi connectivity index (χ1) is 26.3. The molecule has 310 valence electrons. The number of carbonyl (C=O) groups excluding carboxylic acids is 2. The molecular formula is C46H77NaO7S. The van der Waals surface area contributed by atoms with Gasteiger partial charge in [0.25, 0.3) is 0 Å². The summed E-state index contributed by atoms with van der Waals surface area (Å²) in [5.74, 6) is -1.94. The number of hydrogen-bond donors (Lipinski definition) is 0. The smallest absolute Gasteiger partial charge is 0.744 e. The summed E-state index contributed by atoms with van der Waals surface area (Å²) in [5, 5.41) is 0. The van der Waals surface area contributed by atoms with E-state index in [1.807, 2.05) is 12.2 Å². The molecule has 7 nitrogen and oxygen atoms in total. The monoisotopic (exact) mass is 797 g/mol. The van der Waals surface area contributed by atoms with Gasteiger partial charge in [0, 0.05) is 0 Å². The molecule has 0 heterocycles. The third-order valence-corrected chi connectivity index (χ3v) is 11.0. The van der Waals surface area contributed by atoms with E-state index in [4.69, 9.17) is 9.47 Å². The van der Waals surface area contributed by atoms with Crippen LogP contribution in [0.2, 0.25) is 0 Å². The Bertz CT molecular complexity index is 1240. The predicted molar refractivity (Wildman–Crippen MR) is 223 cm³/mol. The summed E-state index contributed by atoms with van der Waals surface area (Å²) in [4.78, 5) is 25.1. The second-order valence-corrected chi connectivity index (χ2v) is 16.4. The van der Waals surface area contributed by atoms with E-state index in [2.05, 4.69) is 13.8 Å². The van der Waals surface area contributed by atoms with Crippen LogP contribution in [-0.4, -0.2) is 38.1 Å². The Balaban J connectivity index is 0.0000292. The topological polar surface area (TPSA) is 110 Å². The van der Waals surface area contributed by atoms with Gasteiger partial charge in [-0.3, -0.25) is 0 Å². The summed E-state index contributed by atoms with van der Waals surface area (Å²) in [6.45, 7) is 4.39. The zero-order chi connectivity index (χ0) is 39.4. The third kappa shape index (κ3) is 30.3. The molecule has 0 fully saturated rings.